The number of hydrazine groups is 1. The van der Waals surface area contributed by atoms with Crippen LogP contribution in [0.4, 0.5) is 17.6 Å². The predicted molar refractivity (Wildman–Crippen MR) is 72.5 cm³/mol. The van der Waals surface area contributed by atoms with Crippen LogP contribution in [0.2, 0.25) is 0 Å². The Morgan fingerprint density at radius 3 is 2.38 bits per heavy atom. The second kappa shape index (κ2) is 6.08. The molecule has 0 bridgehead atoms. The molecule has 21 heavy (non-hydrogen) atoms. The van der Waals surface area contributed by atoms with Crippen molar-refractivity contribution < 1.29 is 17.6 Å². The number of pyridine rings is 1. The van der Waals surface area contributed by atoms with Crippen molar-refractivity contribution in [3.63, 3.8) is 0 Å². The maximum atomic E-state index is 13.6. The number of hydrogen-bond acceptors (Lipinski definition) is 3. The summed E-state index contributed by atoms with van der Waals surface area (Å²) in [5, 5.41) is 0. The molecule has 2 rings (SSSR count). The van der Waals surface area contributed by atoms with Gasteiger partial charge in [0.2, 0.25) is 0 Å². The third kappa shape index (κ3) is 3.58. The molecule has 1 aromatic heterocycles. The molecule has 0 fully saturated rings. The van der Waals surface area contributed by atoms with Crippen molar-refractivity contribution in [2.45, 2.75) is 12.2 Å². The van der Waals surface area contributed by atoms with Crippen molar-refractivity contribution in [2.75, 3.05) is 0 Å². The average Bonchev–Trinajstić information content (AvgIpc) is 2.38. The fourth-order valence-electron chi connectivity index (χ4n) is 1.91. The number of alkyl halides is 3. The Hall–Kier alpha value is -1.51. The lowest BCUT2D eigenvalue weighted by atomic mass is 9.99. The van der Waals surface area contributed by atoms with E-state index >= 15 is 0 Å². The van der Waals surface area contributed by atoms with E-state index in [0.717, 1.165) is 6.07 Å². The first-order chi connectivity index (χ1) is 9.82. The highest BCUT2D eigenvalue weighted by Crippen LogP contribution is 2.33. The third-order valence-corrected chi connectivity index (χ3v) is 3.29. The molecule has 0 saturated carbocycles. The summed E-state index contributed by atoms with van der Waals surface area (Å²) in [5.74, 6) is 4.08. The van der Waals surface area contributed by atoms with Crippen molar-refractivity contribution in [1.29, 1.82) is 0 Å². The lowest BCUT2D eigenvalue weighted by Gasteiger charge is -2.18. The summed E-state index contributed by atoms with van der Waals surface area (Å²) in [6, 6.07) is 3.70. The number of hydrogen-bond donors (Lipinski definition) is 2. The summed E-state index contributed by atoms with van der Waals surface area (Å²) in [4.78, 5) is 3.94. The molecule has 1 atom stereocenters. The van der Waals surface area contributed by atoms with Gasteiger partial charge in [0, 0.05) is 16.9 Å². The summed E-state index contributed by atoms with van der Waals surface area (Å²) in [7, 11) is 0. The number of halogens is 5. The van der Waals surface area contributed by atoms with Crippen LogP contribution in [0.3, 0.4) is 0 Å². The maximum Gasteiger partial charge on any atom is 0.419 e. The molecule has 3 N–H and O–H groups in total. The topological polar surface area (TPSA) is 50.9 Å². The van der Waals surface area contributed by atoms with Crippen molar-refractivity contribution in [1.82, 2.24) is 10.4 Å². The number of benzene rings is 1. The standard InChI is InChI=1S/C13H10BrF4N3/c14-9-3-8(5-20-6-9)12(21-19)7-1-2-10(11(15)4-7)13(16,17)18/h1-6,12,21H,19H2. The van der Waals surface area contributed by atoms with Crippen LogP contribution in [0.1, 0.15) is 22.7 Å². The van der Waals surface area contributed by atoms with Gasteiger partial charge in [-0.15, -0.1) is 0 Å². The molecule has 2 aromatic rings. The van der Waals surface area contributed by atoms with E-state index in [0.29, 0.717) is 16.1 Å². The molecule has 0 spiro atoms. The molecular weight excluding hydrogens is 354 g/mol. The van der Waals surface area contributed by atoms with E-state index < -0.39 is 23.6 Å². The molecular formula is C13H10BrF4N3. The van der Waals surface area contributed by atoms with Crippen molar-refractivity contribution in [3.8, 4) is 0 Å². The van der Waals surface area contributed by atoms with Gasteiger partial charge in [0.1, 0.15) is 5.82 Å². The van der Waals surface area contributed by atoms with E-state index in [1.165, 1.54) is 12.3 Å². The highest BCUT2D eigenvalue weighted by Gasteiger charge is 2.34. The van der Waals surface area contributed by atoms with Crippen LogP contribution in [0.25, 0.3) is 0 Å². The molecule has 8 heteroatoms. The van der Waals surface area contributed by atoms with E-state index in [1.54, 1.807) is 12.3 Å². The van der Waals surface area contributed by atoms with Crippen molar-refractivity contribution in [3.05, 3.63) is 63.6 Å². The van der Waals surface area contributed by atoms with Crippen LogP contribution in [-0.2, 0) is 6.18 Å². The summed E-state index contributed by atoms with van der Waals surface area (Å²) < 4.78 is 51.9. The van der Waals surface area contributed by atoms with Crippen LogP contribution < -0.4 is 11.3 Å². The number of nitrogens with zero attached hydrogens (tertiary/aromatic N) is 1. The molecule has 0 amide bonds. The smallest absolute Gasteiger partial charge is 0.271 e. The van der Waals surface area contributed by atoms with Crippen LogP contribution in [0.5, 0.6) is 0 Å². The van der Waals surface area contributed by atoms with Crippen LogP contribution >= 0.6 is 15.9 Å². The molecule has 1 heterocycles. The predicted octanol–water partition coefficient (Wildman–Crippen LogP) is 3.55. The molecule has 0 aliphatic carbocycles. The van der Waals surface area contributed by atoms with E-state index in [9.17, 15) is 17.6 Å². The van der Waals surface area contributed by atoms with Crippen LogP contribution in [-0.4, -0.2) is 4.98 Å². The summed E-state index contributed by atoms with van der Waals surface area (Å²) >= 11 is 3.23. The van der Waals surface area contributed by atoms with E-state index in [4.69, 9.17) is 5.84 Å². The molecule has 1 unspecified atom stereocenters. The monoisotopic (exact) mass is 363 g/mol. The van der Waals surface area contributed by atoms with Crippen LogP contribution in [0, 0.1) is 5.82 Å². The Labute approximate surface area is 126 Å². The summed E-state index contributed by atoms with van der Waals surface area (Å²) in [6.45, 7) is 0. The number of aromatic nitrogens is 1. The first-order valence-electron chi connectivity index (χ1n) is 5.76. The van der Waals surface area contributed by atoms with Gasteiger partial charge in [-0.1, -0.05) is 6.07 Å². The lowest BCUT2D eigenvalue weighted by molar-refractivity contribution is -0.140. The molecule has 112 valence electrons. The SMILES string of the molecule is NNC(c1cncc(Br)c1)c1ccc(C(F)(F)F)c(F)c1. The van der Waals surface area contributed by atoms with Gasteiger partial charge in [0.15, 0.2) is 0 Å². The first kappa shape index (κ1) is 15.9. The Bertz CT molecular complexity index is 646. The lowest BCUT2D eigenvalue weighted by Crippen LogP contribution is -2.29. The Morgan fingerprint density at radius 2 is 1.86 bits per heavy atom. The molecule has 0 aliphatic rings. The number of nitrogens with one attached hydrogen (secondary N) is 1. The first-order valence-corrected chi connectivity index (χ1v) is 6.55. The minimum absolute atomic E-state index is 0.267. The quantitative estimate of drug-likeness (QED) is 0.498. The van der Waals surface area contributed by atoms with E-state index in [1.807, 2.05) is 0 Å². The van der Waals surface area contributed by atoms with Crippen molar-refractivity contribution >= 4 is 15.9 Å². The summed E-state index contributed by atoms with van der Waals surface area (Å²) in [6.07, 6.45) is -1.69. The third-order valence-electron chi connectivity index (χ3n) is 2.86. The normalized spacial score (nSPS) is 13.2. The molecule has 0 radical (unpaired) electrons. The van der Waals surface area contributed by atoms with E-state index in [-0.39, 0.29) is 5.56 Å². The zero-order valence-corrected chi connectivity index (χ0v) is 12.0. The highest BCUT2D eigenvalue weighted by molar-refractivity contribution is 9.10. The number of rotatable bonds is 3. The zero-order valence-electron chi connectivity index (χ0n) is 10.5. The second-order valence-corrected chi connectivity index (χ2v) is 5.19. The zero-order chi connectivity index (χ0) is 15.6. The molecule has 3 nitrogen and oxygen atoms in total. The minimum atomic E-state index is -4.73. The minimum Gasteiger partial charge on any atom is -0.271 e. The largest absolute Gasteiger partial charge is 0.419 e. The second-order valence-electron chi connectivity index (χ2n) is 4.27. The van der Waals surface area contributed by atoms with Gasteiger partial charge in [0.05, 0.1) is 11.6 Å². The Kier molecular flexibility index (Phi) is 4.60. The van der Waals surface area contributed by atoms with E-state index in [2.05, 4.69) is 26.3 Å². The molecule has 1 aromatic carbocycles. The van der Waals surface area contributed by atoms with Gasteiger partial charge in [-0.3, -0.25) is 10.8 Å². The van der Waals surface area contributed by atoms with Crippen LogP contribution in [0.15, 0.2) is 41.1 Å². The fourth-order valence-corrected chi connectivity index (χ4v) is 2.29. The van der Waals surface area contributed by atoms with Gasteiger partial charge in [0.25, 0.3) is 0 Å². The summed E-state index contributed by atoms with van der Waals surface area (Å²) in [5.41, 5.74) is 1.98. The maximum absolute atomic E-state index is 13.6. The van der Waals surface area contributed by atoms with Gasteiger partial charge < -0.3 is 0 Å². The Balaban J connectivity index is 2.42. The van der Waals surface area contributed by atoms with Gasteiger partial charge in [-0.05, 0) is 45.3 Å². The van der Waals surface area contributed by atoms with Crippen molar-refractivity contribution in [2.24, 2.45) is 5.84 Å². The Morgan fingerprint density at radius 1 is 1.14 bits per heavy atom. The number of nitrogens with two attached hydrogens (primary N) is 1. The highest BCUT2D eigenvalue weighted by atomic mass is 79.9. The van der Waals surface area contributed by atoms with Gasteiger partial charge in [-0.2, -0.15) is 13.2 Å². The fraction of sp³-hybridized carbons (Fsp3) is 0.154. The molecule has 0 saturated heterocycles. The molecule has 0 aliphatic heterocycles. The van der Waals surface area contributed by atoms with Gasteiger partial charge in [-0.25, -0.2) is 9.82 Å². The van der Waals surface area contributed by atoms with Gasteiger partial charge >= 0.3 is 6.18 Å². The average molecular weight is 364 g/mol.